The maximum atomic E-state index is 13.1. The first-order valence-electron chi connectivity index (χ1n) is 9.74. The van der Waals surface area contributed by atoms with Crippen LogP contribution in [-0.2, 0) is 9.53 Å². The van der Waals surface area contributed by atoms with Gasteiger partial charge in [-0.25, -0.2) is 9.78 Å². The lowest BCUT2D eigenvalue weighted by Crippen LogP contribution is -2.31. The van der Waals surface area contributed by atoms with Gasteiger partial charge in [-0.3, -0.25) is 4.79 Å². The quantitative estimate of drug-likeness (QED) is 0.198. The van der Waals surface area contributed by atoms with Gasteiger partial charge in [0.25, 0.3) is 5.56 Å². The molecule has 2 heterocycles. The molecule has 6 nitrogen and oxygen atoms in total. The van der Waals surface area contributed by atoms with E-state index in [-0.39, 0.29) is 12.2 Å². The number of anilines is 1. The van der Waals surface area contributed by atoms with E-state index in [4.69, 9.17) is 16.3 Å². The third-order valence-electron chi connectivity index (χ3n) is 4.71. The van der Waals surface area contributed by atoms with Crippen LogP contribution in [0.4, 0.5) is 5.82 Å². The van der Waals surface area contributed by atoms with Crippen molar-refractivity contribution in [3.05, 3.63) is 74.7 Å². The maximum absolute atomic E-state index is 13.1. The number of nitrogens with one attached hydrogen (secondary N) is 2. The van der Waals surface area contributed by atoms with Crippen LogP contribution in [0.15, 0.2) is 58.1 Å². The van der Waals surface area contributed by atoms with Crippen LogP contribution in [0.1, 0.15) is 43.7 Å². The number of nitrogens with zero attached hydrogens (tertiary/aromatic N) is 1. The van der Waals surface area contributed by atoms with Crippen LogP contribution in [0, 0.1) is 0 Å². The highest BCUT2D eigenvalue weighted by Crippen LogP contribution is 2.40. The molecule has 0 amide bonds. The van der Waals surface area contributed by atoms with Crippen molar-refractivity contribution in [2.45, 2.75) is 37.8 Å². The number of rotatable bonds is 8. The number of carbonyl (C=O) groups excluding carboxylic acids is 1. The van der Waals surface area contributed by atoms with Crippen molar-refractivity contribution in [2.75, 3.05) is 17.7 Å². The SMILES string of the molecule is C=CCOC(=O)C1=C(C)Nc2nc(SCCCC)[nH]c(=O)c2[C@@H]1c1ccc(Cl)cc1. The molecular weight excluding hydrogens is 422 g/mol. The molecule has 0 bridgehead atoms. The van der Waals surface area contributed by atoms with Gasteiger partial charge in [0.1, 0.15) is 12.4 Å². The number of allylic oxidation sites excluding steroid dienone is 1. The van der Waals surface area contributed by atoms with E-state index in [1.807, 2.05) is 0 Å². The summed E-state index contributed by atoms with van der Waals surface area (Å²) < 4.78 is 5.30. The lowest BCUT2D eigenvalue weighted by Gasteiger charge is -2.28. The Labute approximate surface area is 184 Å². The average molecular weight is 446 g/mol. The normalized spacial score (nSPS) is 15.4. The van der Waals surface area contributed by atoms with Gasteiger partial charge in [0, 0.05) is 16.5 Å². The van der Waals surface area contributed by atoms with Crippen molar-refractivity contribution in [3.63, 3.8) is 0 Å². The number of hydrogen-bond donors (Lipinski definition) is 2. The fraction of sp³-hybridized carbons (Fsp3) is 0.318. The molecule has 0 saturated carbocycles. The van der Waals surface area contributed by atoms with E-state index in [2.05, 4.69) is 28.8 Å². The zero-order valence-corrected chi connectivity index (χ0v) is 18.5. The third kappa shape index (κ3) is 4.79. The van der Waals surface area contributed by atoms with Gasteiger partial charge < -0.3 is 15.0 Å². The van der Waals surface area contributed by atoms with Crippen LogP contribution in [0.25, 0.3) is 0 Å². The molecule has 0 saturated heterocycles. The predicted molar refractivity (Wildman–Crippen MR) is 121 cm³/mol. The molecule has 1 aliphatic heterocycles. The lowest BCUT2D eigenvalue weighted by molar-refractivity contribution is -0.138. The van der Waals surface area contributed by atoms with Crippen molar-refractivity contribution >= 4 is 35.1 Å². The van der Waals surface area contributed by atoms with E-state index in [1.165, 1.54) is 17.8 Å². The molecule has 1 aromatic carbocycles. The van der Waals surface area contributed by atoms with E-state index in [0.717, 1.165) is 24.2 Å². The van der Waals surface area contributed by atoms with Crippen LogP contribution < -0.4 is 10.9 Å². The van der Waals surface area contributed by atoms with Crippen LogP contribution in [0.3, 0.4) is 0 Å². The summed E-state index contributed by atoms with van der Waals surface area (Å²) in [4.78, 5) is 33.4. The van der Waals surface area contributed by atoms with Crippen LogP contribution in [-0.4, -0.2) is 28.3 Å². The molecule has 2 N–H and O–H groups in total. The molecule has 1 atom stereocenters. The van der Waals surface area contributed by atoms with Crippen molar-refractivity contribution < 1.29 is 9.53 Å². The first-order valence-corrected chi connectivity index (χ1v) is 11.1. The summed E-state index contributed by atoms with van der Waals surface area (Å²) in [7, 11) is 0. The fourth-order valence-corrected chi connectivity index (χ4v) is 4.36. The molecule has 158 valence electrons. The summed E-state index contributed by atoms with van der Waals surface area (Å²) in [6.45, 7) is 7.56. The molecule has 8 heteroatoms. The monoisotopic (exact) mass is 445 g/mol. The van der Waals surface area contributed by atoms with Gasteiger partial charge >= 0.3 is 5.97 Å². The Bertz CT molecular complexity index is 1030. The number of halogens is 1. The minimum absolute atomic E-state index is 0.0808. The number of H-pyrrole nitrogens is 1. The molecule has 0 aliphatic carbocycles. The van der Waals surface area contributed by atoms with Crippen molar-refractivity contribution in [1.29, 1.82) is 0 Å². The second-order valence-electron chi connectivity index (χ2n) is 6.87. The highest BCUT2D eigenvalue weighted by Gasteiger charge is 2.36. The molecular formula is C22H24ClN3O3S. The minimum Gasteiger partial charge on any atom is -0.458 e. The smallest absolute Gasteiger partial charge is 0.337 e. The largest absolute Gasteiger partial charge is 0.458 e. The summed E-state index contributed by atoms with van der Waals surface area (Å²) in [6.07, 6.45) is 3.60. The molecule has 0 spiro atoms. The number of fused-ring (bicyclic) bond motifs is 1. The molecule has 3 rings (SSSR count). The Kier molecular flexibility index (Phi) is 7.39. The van der Waals surface area contributed by atoms with Gasteiger partial charge in [-0.15, -0.1) is 0 Å². The van der Waals surface area contributed by atoms with E-state index < -0.39 is 11.9 Å². The van der Waals surface area contributed by atoms with Gasteiger partial charge in [0.05, 0.1) is 17.1 Å². The second kappa shape index (κ2) is 10.00. The topological polar surface area (TPSA) is 84.1 Å². The number of unbranched alkanes of at least 4 members (excludes halogenated alkanes) is 1. The Morgan fingerprint density at radius 2 is 2.10 bits per heavy atom. The van der Waals surface area contributed by atoms with E-state index in [0.29, 0.717) is 32.8 Å². The molecule has 1 aliphatic rings. The Hall–Kier alpha value is -2.51. The standard InChI is InChI=1S/C22H24ClN3O3S/c1-4-6-12-30-22-25-19-18(20(27)26-22)17(14-7-9-15(23)10-8-14)16(13(3)24-19)21(28)29-11-5-2/h5,7-10,17H,2,4,6,11-12H2,1,3H3,(H2,24,25,26,27)/t17-/m1/s1. The number of thioether (sulfide) groups is 1. The molecule has 0 radical (unpaired) electrons. The van der Waals surface area contributed by atoms with Gasteiger partial charge in [-0.2, -0.15) is 0 Å². The summed E-state index contributed by atoms with van der Waals surface area (Å²) in [5, 5.41) is 4.26. The molecule has 2 aromatic rings. The zero-order chi connectivity index (χ0) is 21.7. The van der Waals surface area contributed by atoms with Crippen molar-refractivity contribution in [3.8, 4) is 0 Å². The van der Waals surface area contributed by atoms with E-state index in [1.54, 1.807) is 31.2 Å². The Balaban J connectivity index is 2.11. The fourth-order valence-electron chi connectivity index (χ4n) is 3.28. The summed E-state index contributed by atoms with van der Waals surface area (Å²) in [5.41, 5.74) is 1.82. The van der Waals surface area contributed by atoms with Crippen molar-refractivity contribution in [1.82, 2.24) is 9.97 Å². The van der Waals surface area contributed by atoms with E-state index in [9.17, 15) is 9.59 Å². The number of benzene rings is 1. The first kappa shape index (κ1) is 22.2. The highest BCUT2D eigenvalue weighted by atomic mass is 35.5. The zero-order valence-electron chi connectivity index (χ0n) is 17.0. The summed E-state index contributed by atoms with van der Waals surface area (Å²) >= 11 is 7.56. The van der Waals surface area contributed by atoms with Crippen LogP contribution in [0.2, 0.25) is 5.02 Å². The van der Waals surface area contributed by atoms with E-state index >= 15 is 0 Å². The minimum atomic E-state index is -0.623. The predicted octanol–water partition coefficient (Wildman–Crippen LogP) is 4.88. The molecule has 1 aromatic heterocycles. The average Bonchev–Trinajstić information content (AvgIpc) is 2.72. The number of aromatic amines is 1. The van der Waals surface area contributed by atoms with Gasteiger partial charge in [0.15, 0.2) is 5.16 Å². The van der Waals surface area contributed by atoms with Gasteiger partial charge in [-0.1, -0.05) is 61.5 Å². The number of ether oxygens (including phenoxy) is 1. The molecule has 0 fully saturated rings. The van der Waals surface area contributed by atoms with Crippen molar-refractivity contribution in [2.24, 2.45) is 0 Å². The second-order valence-corrected chi connectivity index (χ2v) is 8.39. The number of carbonyl (C=O) groups is 1. The maximum Gasteiger partial charge on any atom is 0.337 e. The first-order chi connectivity index (χ1) is 14.5. The van der Waals surface area contributed by atoms with Crippen LogP contribution >= 0.6 is 23.4 Å². The molecule has 0 unspecified atom stereocenters. The Morgan fingerprint density at radius 3 is 2.77 bits per heavy atom. The van der Waals surface area contributed by atoms with Gasteiger partial charge in [-0.05, 0) is 31.0 Å². The number of hydrogen-bond acceptors (Lipinski definition) is 6. The van der Waals surface area contributed by atoms with Gasteiger partial charge in [0.2, 0.25) is 0 Å². The summed E-state index contributed by atoms with van der Waals surface area (Å²) in [5.74, 6) is 0.191. The Morgan fingerprint density at radius 1 is 1.37 bits per heavy atom. The highest BCUT2D eigenvalue weighted by molar-refractivity contribution is 7.99. The van der Waals surface area contributed by atoms with Crippen LogP contribution in [0.5, 0.6) is 0 Å². The lowest BCUT2D eigenvalue weighted by atomic mass is 9.82. The third-order valence-corrected chi connectivity index (χ3v) is 5.92. The summed E-state index contributed by atoms with van der Waals surface area (Å²) in [6, 6.07) is 7.08. The number of esters is 1. The number of aromatic nitrogens is 2. The molecule has 30 heavy (non-hydrogen) atoms.